The summed E-state index contributed by atoms with van der Waals surface area (Å²) in [4.78, 5) is 26.6. The molecule has 3 rings (SSSR count). The first-order valence-electron chi connectivity index (χ1n) is 8.83. The molecule has 152 valence electrons. The number of carbonyl (C=O) groups excluding carboxylic acids is 2. The van der Waals surface area contributed by atoms with Gasteiger partial charge >= 0.3 is 0 Å². The molecule has 2 amide bonds. The van der Waals surface area contributed by atoms with Gasteiger partial charge in [-0.05, 0) is 54.1 Å². The molecule has 2 aromatic rings. The molecular weight excluding hydrogens is 392 g/mol. The van der Waals surface area contributed by atoms with Gasteiger partial charge in [0.05, 0.1) is 32.9 Å². The van der Waals surface area contributed by atoms with E-state index < -0.39 is 0 Å². The predicted octanol–water partition coefficient (Wildman–Crippen LogP) is 4.13. The third kappa shape index (κ3) is 4.32. The summed E-state index contributed by atoms with van der Waals surface area (Å²) in [5.41, 5.74) is 2.57. The first kappa shape index (κ1) is 20.6. The van der Waals surface area contributed by atoms with Crippen LogP contribution in [0, 0.1) is 6.92 Å². The van der Waals surface area contributed by atoms with Crippen molar-refractivity contribution in [3.8, 4) is 17.2 Å². The second-order valence-corrected chi connectivity index (χ2v) is 7.21. The number of imide groups is 1. The molecule has 0 aromatic heterocycles. The summed E-state index contributed by atoms with van der Waals surface area (Å²) >= 11 is 0.898. The average molecular weight is 414 g/mol. The van der Waals surface area contributed by atoms with Crippen LogP contribution in [0.25, 0.3) is 6.08 Å². The van der Waals surface area contributed by atoms with Crippen LogP contribution < -0.4 is 19.5 Å². The average Bonchev–Trinajstić information content (AvgIpc) is 2.99. The van der Waals surface area contributed by atoms with E-state index in [1.54, 1.807) is 18.2 Å². The highest BCUT2D eigenvalue weighted by Gasteiger charge is 2.35. The number of methoxy groups -OCH3 is 3. The Hall–Kier alpha value is -3.13. The summed E-state index contributed by atoms with van der Waals surface area (Å²) in [5.74, 6) is 1.05. The Balaban J connectivity index is 1.82. The van der Waals surface area contributed by atoms with Gasteiger partial charge < -0.3 is 19.5 Å². The van der Waals surface area contributed by atoms with Gasteiger partial charge in [0.15, 0.2) is 11.5 Å². The maximum Gasteiger partial charge on any atom is 0.295 e. The van der Waals surface area contributed by atoms with Crippen molar-refractivity contribution in [1.29, 1.82) is 0 Å². The number of hydrogen-bond acceptors (Lipinski definition) is 7. The zero-order chi connectivity index (χ0) is 21.0. The molecular formula is C21H22N2O5S. The number of ether oxygens (including phenoxy) is 3. The van der Waals surface area contributed by atoms with Gasteiger partial charge in [-0.3, -0.25) is 14.5 Å². The number of thioether (sulfide) groups is 1. The van der Waals surface area contributed by atoms with E-state index in [-0.39, 0.29) is 17.8 Å². The molecule has 2 aromatic carbocycles. The Kier molecular flexibility index (Phi) is 6.33. The number of aryl methyl sites for hydroxylation is 1. The quantitative estimate of drug-likeness (QED) is 0.683. The molecule has 29 heavy (non-hydrogen) atoms. The van der Waals surface area contributed by atoms with Gasteiger partial charge in [0.1, 0.15) is 0 Å². The molecule has 7 nitrogen and oxygen atoms in total. The summed E-state index contributed by atoms with van der Waals surface area (Å²) in [5, 5.41) is 2.81. The highest BCUT2D eigenvalue weighted by Crippen LogP contribution is 2.40. The molecule has 1 fully saturated rings. The maximum atomic E-state index is 12.7. The monoisotopic (exact) mass is 414 g/mol. The highest BCUT2D eigenvalue weighted by atomic mass is 32.2. The van der Waals surface area contributed by atoms with Crippen molar-refractivity contribution in [1.82, 2.24) is 4.90 Å². The molecule has 1 aliphatic heterocycles. The molecule has 0 atom stereocenters. The lowest BCUT2D eigenvalue weighted by molar-refractivity contribution is -0.122. The Morgan fingerprint density at radius 2 is 1.69 bits per heavy atom. The first-order valence-corrected chi connectivity index (χ1v) is 9.65. The molecule has 0 radical (unpaired) electrons. The number of carbonyl (C=O) groups is 2. The highest BCUT2D eigenvalue weighted by molar-refractivity contribution is 8.18. The van der Waals surface area contributed by atoms with Crippen LogP contribution in [0.5, 0.6) is 17.2 Å². The van der Waals surface area contributed by atoms with Crippen LogP contribution in [0.2, 0.25) is 0 Å². The summed E-state index contributed by atoms with van der Waals surface area (Å²) in [6, 6.07) is 11.1. The Morgan fingerprint density at radius 1 is 1.03 bits per heavy atom. The molecule has 0 saturated carbocycles. The number of nitrogens with zero attached hydrogens (tertiary/aromatic N) is 1. The number of nitrogens with one attached hydrogen (secondary N) is 1. The second-order valence-electron chi connectivity index (χ2n) is 6.22. The lowest BCUT2D eigenvalue weighted by atomic mass is 10.1. The third-order valence-corrected chi connectivity index (χ3v) is 5.34. The van der Waals surface area contributed by atoms with Gasteiger partial charge in [0.25, 0.3) is 11.1 Å². The van der Waals surface area contributed by atoms with Crippen molar-refractivity contribution >= 4 is 34.7 Å². The number of hydrogen-bond donors (Lipinski definition) is 1. The Morgan fingerprint density at radius 3 is 2.28 bits per heavy atom. The Bertz CT molecular complexity index is 948. The maximum absolute atomic E-state index is 12.7. The normalized spacial score (nSPS) is 15.0. The number of rotatable bonds is 7. The minimum absolute atomic E-state index is 0.0993. The van der Waals surface area contributed by atoms with Crippen molar-refractivity contribution in [3.63, 3.8) is 0 Å². The van der Waals surface area contributed by atoms with Crippen LogP contribution in [0.15, 0.2) is 41.3 Å². The second kappa shape index (κ2) is 8.91. The standard InChI is InChI=1S/C21H22N2O5S/c1-13-7-5-6-8-15(13)22-12-23-20(24)18(29-21(23)25)11-14-9-16(26-2)19(28-4)17(10-14)27-3/h5-11,22H,12H2,1-4H3/b18-11-. The van der Waals surface area contributed by atoms with Crippen molar-refractivity contribution < 1.29 is 23.8 Å². The van der Waals surface area contributed by atoms with E-state index >= 15 is 0 Å². The number of anilines is 1. The van der Waals surface area contributed by atoms with Crippen molar-refractivity contribution in [2.45, 2.75) is 6.92 Å². The van der Waals surface area contributed by atoms with E-state index in [2.05, 4.69) is 5.32 Å². The fourth-order valence-corrected chi connectivity index (χ4v) is 3.75. The van der Waals surface area contributed by atoms with E-state index in [9.17, 15) is 9.59 Å². The minimum atomic E-state index is -0.352. The molecule has 1 heterocycles. The van der Waals surface area contributed by atoms with Crippen LogP contribution >= 0.6 is 11.8 Å². The summed E-state index contributed by atoms with van der Waals surface area (Å²) in [6.45, 7) is 2.06. The largest absolute Gasteiger partial charge is 0.493 e. The first-order chi connectivity index (χ1) is 14.0. The van der Waals surface area contributed by atoms with Gasteiger partial charge in [0, 0.05) is 5.69 Å². The third-order valence-electron chi connectivity index (χ3n) is 4.43. The fraction of sp³-hybridized carbons (Fsp3) is 0.238. The molecule has 1 N–H and O–H groups in total. The van der Waals surface area contributed by atoms with Crippen molar-refractivity contribution in [3.05, 3.63) is 52.4 Å². The predicted molar refractivity (Wildman–Crippen MR) is 114 cm³/mol. The van der Waals surface area contributed by atoms with Crippen LogP contribution in [0.1, 0.15) is 11.1 Å². The van der Waals surface area contributed by atoms with Gasteiger partial charge in [-0.1, -0.05) is 18.2 Å². The van der Waals surface area contributed by atoms with E-state index in [0.717, 1.165) is 23.0 Å². The summed E-state index contributed by atoms with van der Waals surface area (Å²) in [7, 11) is 4.56. The zero-order valence-electron chi connectivity index (χ0n) is 16.6. The van der Waals surface area contributed by atoms with Crippen LogP contribution in [-0.4, -0.2) is 44.0 Å². The zero-order valence-corrected chi connectivity index (χ0v) is 17.5. The van der Waals surface area contributed by atoms with Crippen molar-refractivity contribution in [2.24, 2.45) is 0 Å². The van der Waals surface area contributed by atoms with Gasteiger partial charge in [-0.2, -0.15) is 0 Å². The molecule has 0 aliphatic carbocycles. The van der Waals surface area contributed by atoms with E-state index in [4.69, 9.17) is 14.2 Å². The van der Waals surface area contributed by atoms with Crippen LogP contribution in [-0.2, 0) is 4.79 Å². The minimum Gasteiger partial charge on any atom is -0.493 e. The molecule has 1 aliphatic rings. The molecule has 0 bridgehead atoms. The number of benzene rings is 2. The SMILES string of the molecule is COc1cc(/C=C2\SC(=O)N(CNc3ccccc3C)C2=O)cc(OC)c1OC. The lowest BCUT2D eigenvalue weighted by Crippen LogP contribution is -2.33. The van der Waals surface area contributed by atoms with Crippen LogP contribution in [0.3, 0.4) is 0 Å². The topological polar surface area (TPSA) is 77.1 Å². The van der Waals surface area contributed by atoms with Gasteiger partial charge in [-0.25, -0.2) is 0 Å². The summed E-state index contributed by atoms with van der Waals surface area (Å²) < 4.78 is 16.0. The van der Waals surface area contributed by atoms with E-state index in [0.29, 0.717) is 27.7 Å². The van der Waals surface area contributed by atoms with E-state index in [1.807, 2.05) is 31.2 Å². The summed E-state index contributed by atoms with van der Waals surface area (Å²) in [6.07, 6.45) is 1.64. The number of amides is 2. The van der Waals surface area contributed by atoms with Gasteiger partial charge in [0.2, 0.25) is 5.75 Å². The van der Waals surface area contributed by atoms with E-state index in [1.165, 1.54) is 26.2 Å². The van der Waals surface area contributed by atoms with Crippen molar-refractivity contribution in [2.75, 3.05) is 33.3 Å². The fourth-order valence-electron chi connectivity index (χ4n) is 2.91. The van der Waals surface area contributed by atoms with Crippen LogP contribution in [0.4, 0.5) is 10.5 Å². The smallest absolute Gasteiger partial charge is 0.295 e. The Labute approximate surface area is 173 Å². The number of para-hydroxylation sites is 1. The lowest BCUT2D eigenvalue weighted by Gasteiger charge is -2.15. The molecule has 0 spiro atoms. The molecule has 8 heteroatoms. The van der Waals surface area contributed by atoms with Gasteiger partial charge in [-0.15, -0.1) is 0 Å². The molecule has 0 unspecified atom stereocenters. The molecule has 1 saturated heterocycles.